The molecule has 3 aromatic heterocycles. The number of nitrogens with zero attached hydrogens (tertiary/aromatic N) is 7. The Labute approximate surface area is 203 Å². The van der Waals surface area contributed by atoms with Gasteiger partial charge < -0.3 is 11.1 Å². The van der Waals surface area contributed by atoms with Crippen molar-refractivity contribution >= 4 is 23.4 Å². The molecule has 35 heavy (non-hydrogen) atoms. The third-order valence-corrected chi connectivity index (χ3v) is 5.75. The van der Waals surface area contributed by atoms with E-state index < -0.39 is 0 Å². The third-order valence-electron chi connectivity index (χ3n) is 5.75. The summed E-state index contributed by atoms with van der Waals surface area (Å²) in [5.41, 5.74) is 10.7. The molecule has 0 saturated heterocycles. The largest absolute Gasteiger partial charge is 0.351 e. The summed E-state index contributed by atoms with van der Waals surface area (Å²) in [5.74, 6) is 1.84. The lowest BCUT2D eigenvalue weighted by Gasteiger charge is -2.20. The topological polar surface area (TPSA) is 110 Å². The Morgan fingerprint density at radius 1 is 0.971 bits per heavy atom. The molecule has 9 nitrogen and oxygen atoms in total. The standard InChI is InChI=1S/C26H27N9/c1-18(13-19-7-6-8-20(14-19)16-27)31-25-28-12-11-23(33-25)34(2)26-32-22(21-9-4-3-5-10-21)15-24-29-17-30-35(24)26/h3-12,14-15,17-18H,13,16,27H2,1-2H3,(H,28,31,33)/t18-/m1/s1. The van der Waals surface area contributed by atoms with E-state index in [0.29, 0.717) is 29.9 Å². The molecule has 3 heterocycles. The van der Waals surface area contributed by atoms with Crippen LogP contribution in [0.1, 0.15) is 18.1 Å². The summed E-state index contributed by atoms with van der Waals surface area (Å²) < 4.78 is 1.70. The first-order valence-corrected chi connectivity index (χ1v) is 11.5. The summed E-state index contributed by atoms with van der Waals surface area (Å²) in [6.07, 6.45) is 4.09. The molecule has 5 aromatic rings. The maximum atomic E-state index is 5.78. The fourth-order valence-electron chi connectivity index (χ4n) is 4.00. The lowest BCUT2D eigenvalue weighted by atomic mass is 10.0. The number of fused-ring (bicyclic) bond motifs is 1. The fourth-order valence-corrected chi connectivity index (χ4v) is 4.00. The molecule has 0 amide bonds. The number of aromatic nitrogens is 6. The van der Waals surface area contributed by atoms with E-state index in [0.717, 1.165) is 23.2 Å². The van der Waals surface area contributed by atoms with E-state index in [-0.39, 0.29) is 6.04 Å². The van der Waals surface area contributed by atoms with Crippen molar-refractivity contribution in [2.75, 3.05) is 17.3 Å². The number of rotatable bonds is 8. The Balaban J connectivity index is 1.40. The minimum absolute atomic E-state index is 0.130. The SMILES string of the molecule is C[C@H](Cc1cccc(CN)c1)Nc1nccc(N(C)c2nc(-c3ccccc3)cc3ncnn23)n1. The molecule has 0 aliphatic carbocycles. The highest BCUT2D eigenvalue weighted by atomic mass is 15.4. The predicted octanol–water partition coefficient (Wildman–Crippen LogP) is 3.85. The van der Waals surface area contributed by atoms with Crippen LogP contribution < -0.4 is 16.0 Å². The van der Waals surface area contributed by atoms with E-state index in [1.165, 1.54) is 11.9 Å². The van der Waals surface area contributed by atoms with Gasteiger partial charge >= 0.3 is 0 Å². The van der Waals surface area contributed by atoms with Crippen LogP contribution in [0.25, 0.3) is 16.9 Å². The first-order valence-electron chi connectivity index (χ1n) is 11.5. The van der Waals surface area contributed by atoms with Gasteiger partial charge in [-0.1, -0.05) is 54.6 Å². The van der Waals surface area contributed by atoms with Gasteiger partial charge in [0.2, 0.25) is 11.9 Å². The second-order valence-corrected chi connectivity index (χ2v) is 8.41. The zero-order valence-corrected chi connectivity index (χ0v) is 19.7. The van der Waals surface area contributed by atoms with Gasteiger partial charge in [-0.05, 0) is 30.5 Å². The van der Waals surface area contributed by atoms with E-state index in [4.69, 9.17) is 15.7 Å². The van der Waals surface area contributed by atoms with Gasteiger partial charge in [-0.3, -0.25) is 4.90 Å². The summed E-state index contributed by atoms with van der Waals surface area (Å²) in [6.45, 7) is 2.64. The van der Waals surface area contributed by atoms with Crippen LogP contribution in [0, 0.1) is 0 Å². The van der Waals surface area contributed by atoms with Gasteiger partial charge in [0, 0.05) is 37.5 Å². The van der Waals surface area contributed by atoms with Crippen molar-refractivity contribution < 1.29 is 0 Å². The van der Waals surface area contributed by atoms with Gasteiger partial charge in [0.1, 0.15) is 12.1 Å². The molecule has 0 aliphatic rings. The lowest BCUT2D eigenvalue weighted by Crippen LogP contribution is -2.22. The average Bonchev–Trinajstić information content (AvgIpc) is 3.37. The smallest absolute Gasteiger partial charge is 0.234 e. The van der Waals surface area contributed by atoms with Crippen molar-refractivity contribution in [2.45, 2.75) is 25.9 Å². The number of anilines is 3. The van der Waals surface area contributed by atoms with Crippen molar-refractivity contribution in [1.29, 1.82) is 0 Å². The Morgan fingerprint density at radius 3 is 2.63 bits per heavy atom. The van der Waals surface area contributed by atoms with Crippen LogP contribution in [0.15, 0.2) is 79.3 Å². The highest BCUT2D eigenvalue weighted by Gasteiger charge is 2.16. The first kappa shape index (κ1) is 22.4. The van der Waals surface area contributed by atoms with Crippen molar-refractivity contribution in [3.8, 4) is 11.3 Å². The van der Waals surface area contributed by atoms with Crippen molar-refractivity contribution in [1.82, 2.24) is 29.5 Å². The van der Waals surface area contributed by atoms with E-state index >= 15 is 0 Å². The minimum Gasteiger partial charge on any atom is -0.351 e. The Kier molecular flexibility index (Phi) is 6.32. The zero-order chi connectivity index (χ0) is 24.2. The number of nitrogens with one attached hydrogen (secondary N) is 1. The molecule has 0 unspecified atom stereocenters. The van der Waals surface area contributed by atoms with Gasteiger partial charge in [0.05, 0.1) is 5.69 Å². The third kappa shape index (κ3) is 4.95. The van der Waals surface area contributed by atoms with Crippen LogP contribution in [0.5, 0.6) is 0 Å². The second-order valence-electron chi connectivity index (χ2n) is 8.41. The summed E-state index contributed by atoms with van der Waals surface area (Å²) in [7, 11) is 1.91. The van der Waals surface area contributed by atoms with Crippen LogP contribution in [0.2, 0.25) is 0 Å². The summed E-state index contributed by atoms with van der Waals surface area (Å²) in [6, 6.07) is 22.2. The Morgan fingerprint density at radius 2 is 1.80 bits per heavy atom. The molecule has 0 fully saturated rings. The molecule has 3 N–H and O–H groups in total. The van der Waals surface area contributed by atoms with E-state index in [2.05, 4.69) is 39.4 Å². The summed E-state index contributed by atoms with van der Waals surface area (Å²) in [5, 5.41) is 7.77. The van der Waals surface area contributed by atoms with E-state index in [1.807, 2.05) is 66.5 Å². The number of hydrogen-bond donors (Lipinski definition) is 2. The van der Waals surface area contributed by atoms with Crippen LogP contribution >= 0.6 is 0 Å². The van der Waals surface area contributed by atoms with Crippen molar-refractivity contribution in [2.24, 2.45) is 5.73 Å². The highest BCUT2D eigenvalue weighted by molar-refractivity contribution is 5.67. The average molecular weight is 466 g/mol. The number of benzene rings is 2. The van der Waals surface area contributed by atoms with E-state index in [1.54, 1.807) is 10.7 Å². The molecular formula is C26H27N9. The highest BCUT2D eigenvalue weighted by Crippen LogP contribution is 2.25. The Bertz CT molecular complexity index is 1430. The molecule has 2 aromatic carbocycles. The molecule has 0 radical (unpaired) electrons. The normalized spacial score (nSPS) is 12.0. The van der Waals surface area contributed by atoms with Crippen LogP contribution in [-0.2, 0) is 13.0 Å². The Hall–Kier alpha value is -4.37. The molecular weight excluding hydrogens is 438 g/mol. The number of hydrogen-bond acceptors (Lipinski definition) is 8. The van der Waals surface area contributed by atoms with Crippen LogP contribution in [-0.4, -0.2) is 42.6 Å². The summed E-state index contributed by atoms with van der Waals surface area (Å²) in [4.78, 5) is 20.3. The van der Waals surface area contributed by atoms with Crippen LogP contribution in [0.3, 0.4) is 0 Å². The lowest BCUT2D eigenvalue weighted by molar-refractivity contribution is 0.774. The van der Waals surface area contributed by atoms with Crippen molar-refractivity contribution in [3.63, 3.8) is 0 Å². The molecule has 9 heteroatoms. The van der Waals surface area contributed by atoms with Gasteiger partial charge in [0.25, 0.3) is 0 Å². The minimum atomic E-state index is 0.130. The maximum Gasteiger partial charge on any atom is 0.234 e. The molecule has 5 rings (SSSR count). The molecule has 176 valence electrons. The number of nitrogens with two attached hydrogens (primary N) is 1. The molecule has 0 aliphatic heterocycles. The quantitative estimate of drug-likeness (QED) is 0.356. The molecule has 0 spiro atoms. The van der Waals surface area contributed by atoms with Gasteiger partial charge in [0.15, 0.2) is 5.65 Å². The second kappa shape index (κ2) is 9.86. The fraction of sp³-hybridized carbons (Fsp3) is 0.192. The molecule has 1 atom stereocenters. The van der Waals surface area contributed by atoms with Gasteiger partial charge in [-0.15, -0.1) is 0 Å². The molecule has 0 saturated carbocycles. The zero-order valence-electron chi connectivity index (χ0n) is 19.7. The summed E-state index contributed by atoms with van der Waals surface area (Å²) >= 11 is 0. The van der Waals surface area contributed by atoms with Gasteiger partial charge in [-0.25, -0.2) is 15.0 Å². The van der Waals surface area contributed by atoms with E-state index in [9.17, 15) is 0 Å². The first-order chi connectivity index (χ1) is 17.1. The van der Waals surface area contributed by atoms with Crippen LogP contribution in [0.4, 0.5) is 17.7 Å². The van der Waals surface area contributed by atoms with Gasteiger partial charge in [-0.2, -0.15) is 14.6 Å². The monoisotopic (exact) mass is 465 g/mol. The molecule has 0 bridgehead atoms. The maximum absolute atomic E-state index is 5.78. The van der Waals surface area contributed by atoms with Crippen molar-refractivity contribution in [3.05, 3.63) is 90.4 Å². The predicted molar refractivity (Wildman–Crippen MR) is 137 cm³/mol.